The van der Waals surface area contributed by atoms with Crippen LogP contribution in [0.25, 0.3) is 16.9 Å². The van der Waals surface area contributed by atoms with E-state index in [1.807, 2.05) is 0 Å². The number of allylic oxidation sites excluding steroid dienone is 2. The molecule has 1 heterocycles. The molecule has 1 aliphatic heterocycles. The van der Waals surface area contributed by atoms with Gasteiger partial charge in [-0.05, 0) is 86.8 Å². The van der Waals surface area contributed by atoms with Crippen LogP contribution in [0.5, 0.6) is 0 Å². The maximum absolute atomic E-state index is 12.0. The molecular weight excluding hydrogens is 532 g/mol. The molecule has 1 aliphatic rings. The van der Waals surface area contributed by atoms with E-state index in [9.17, 15) is 5.53 Å². The van der Waals surface area contributed by atoms with Crippen LogP contribution in [-0.2, 0) is 12.8 Å². The third-order valence-corrected chi connectivity index (χ3v) is 9.51. The Labute approximate surface area is 271 Å². The zero-order valence-corrected chi connectivity index (χ0v) is 29.1. The molecule has 3 rings (SSSR count). The summed E-state index contributed by atoms with van der Waals surface area (Å²) in [5, 5.41) is 0. The van der Waals surface area contributed by atoms with Crippen LogP contribution < -0.4 is 0 Å². The summed E-state index contributed by atoms with van der Waals surface area (Å²) in [7, 11) is 0. The number of nitrogens with zero attached hydrogens (tertiary/aromatic N) is 2. The first-order chi connectivity index (χ1) is 21.6. The third kappa shape index (κ3) is 11.5. The highest BCUT2D eigenvalue weighted by Crippen LogP contribution is 2.44. The molecule has 0 saturated heterocycles. The van der Waals surface area contributed by atoms with Gasteiger partial charge in [0.1, 0.15) is 0 Å². The average molecular weight is 597 g/mol. The summed E-state index contributed by atoms with van der Waals surface area (Å²) in [5.74, 6) is 0. The fourth-order valence-electron chi connectivity index (χ4n) is 6.74. The zero-order chi connectivity index (χ0) is 31.4. The van der Waals surface area contributed by atoms with Gasteiger partial charge < -0.3 is 5.53 Å². The Hall–Kier alpha value is -2.48. The lowest BCUT2D eigenvalue weighted by Crippen LogP contribution is -2.03. The van der Waals surface area contributed by atoms with E-state index < -0.39 is 0 Å². The lowest BCUT2D eigenvalue weighted by atomic mass is 9.91. The fourth-order valence-corrected chi connectivity index (χ4v) is 6.74. The molecule has 0 N–H and O–H groups in total. The highest BCUT2D eigenvalue weighted by molar-refractivity contribution is 5.82. The van der Waals surface area contributed by atoms with Crippen molar-refractivity contribution in [1.82, 2.24) is 0 Å². The van der Waals surface area contributed by atoms with Gasteiger partial charge in [-0.25, -0.2) is 4.70 Å². The van der Waals surface area contributed by atoms with Crippen molar-refractivity contribution in [2.45, 2.75) is 169 Å². The number of rotatable bonds is 24. The molecule has 0 fully saturated rings. The van der Waals surface area contributed by atoms with Gasteiger partial charge in [-0.3, -0.25) is 0 Å². The van der Waals surface area contributed by atoms with Crippen molar-refractivity contribution < 1.29 is 4.70 Å². The van der Waals surface area contributed by atoms with Gasteiger partial charge in [-0.1, -0.05) is 142 Å². The van der Waals surface area contributed by atoms with Crippen molar-refractivity contribution in [3.63, 3.8) is 0 Å². The second kappa shape index (κ2) is 21.3. The van der Waals surface area contributed by atoms with Crippen molar-refractivity contribution in [3.8, 4) is 0 Å². The smallest absolute Gasteiger partial charge is 0.211 e. The lowest BCUT2D eigenvalue weighted by Gasteiger charge is -2.11. The first-order valence-electron chi connectivity index (χ1n) is 18.8. The quantitative estimate of drug-likeness (QED) is 0.0851. The molecule has 2 nitrogen and oxygen atoms in total. The van der Waals surface area contributed by atoms with Crippen LogP contribution in [-0.4, -0.2) is 4.70 Å². The summed E-state index contributed by atoms with van der Waals surface area (Å²) < 4.78 is 1.57. The molecule has 0 saturated carbocycles. The van der Waals surface area contributed by atoms with Gasteiger partial charge in [0.25, 0.3) is 0 Å². The average Bonchev–Trinajstić information content (AvgIpc) is 3.32. The van der Waals surface area contributed by atoms with Crippen LogP contribution in [0.15, 0.2) is 59.7 Å². The van der Waals surface area contributed by atoms with Gasteiger partial charge in [-0.15, -0.1) is 0 Å². The molecule has 2 heteroatoms. The molecule has 0 atom stereocenters. The molecule has 0 aromatic heterocycles. The summed E-state index contributed by atoms with van der Waals surface area (Å²) in [5.41, 5.74) is 21.9. The molecule has 0 bridgehead atoms. The highest BCUT2D eigenvalue weighted by atomic mass is 15.2. The summed E-state index contributed by atoms with van der Waals surface area (Å²) in [6, 6.07) is 18.2. The van der Waals surface area contributed by atoms with E-state index in [1.54, 1.807) is 4.70 Å². The van der Waals surface area contributed by atoms with Crippen molar-refractivity contribution in [3.05, 3.63) is 87.5 Å². The van der Waals surface area contributed by atoms with E-state index in [2.05, 4.69) is 76.2 Å². The van der Waals surface area contributed by atoms with Crippen molar-refractivity contribution in [1.29, 1.82) is 0 Å². The first kappa shape index (κ1) is 36.0. The van der Waals surface area contributed by atoms with Gasteiger partial charge in [0, 0.05) is 22.3 Å². The van der Waals surface area contributed by atoms with E-state index in [0.29, 0.717) is 0 Å². The van der Waals surface area contributed by atoms with Crippen LogP contribution in [0.2, 0.25) is 0 Å². The van der Waals surface area contributed by atoms with Crippen LogP contribution in [0, 0.1) is 0 Å². The second-order valence-corrected chi connectivity index (χ2v) is 13.3. The molecule has 0 aliphatic carbocycles. The van der Waals surface area contributed by atoms with Gasteiger partial charge in [0.05, 0.1) is 0 Å². The Morgan fingerprint density at radius 1 is 0.386 bits per heavy atom. The number of hydrogen-bond donors (Lipinski definition) is 0. The summed E-state index contributed by atoms with van der Waals surface area (Å²) >= 11 is 0. The van der Waals surface area contributed by atoms with E-state index in [1.165, 1.54) is 138 Å². The molecular formula is C42H64N2. The van der Waals surface area contributed by atoms with Crippen LogP contribution in [0.4, 0.5) is 0 Å². The predicted octanol–water partition coefficient (Wildman–Crippen LogP) is 13.8. The van der Waals surface area contributed by atoms with Gasteiger partial charge in [0.2, 0.25) is 11.4 Å². The van der Waals surface area contributed by atoms with Crippen molar-refractivity contribution in [2.75, 3.05) is 0 Å². The lowest BCUT2D eigenvalue weighted by molar-refractivity contribution is -0.345. The summed E-state index contributed by atoms with van der Waals surface area (Å²) in [6.45, 7) is 9.12. The monoisotopic (exact) mass is 597 g/mol. The Bertz CT molecular complexity index is 1150. The van der Waals surface area contributed by atoms with Gasteiger partial charge in [-0.2, -0.15) is 0 Å². The zero-order valence-electron chi connectivity index (χ0n) is 29.1. The molecule has 0 amide bonds. The highest BCUT2D eigenvalue weighted by Gasteiger charge is 2.35. The van der Waals surface area contributed by atoms with E-state index in [-0.39, 0.29) is 0 Å². The number of benzene rings is 2. The maximum Gasteiger partial charge on any atom is 0.211 e. The predicted molar refractivity (Wildman–Crippen MR) is 193 cm³/mol. The molecule has 44 heavy (non-hydrogen) atoms. The fraction of sp³-hybridized carbons (Fsp3) is 0.619. The van der Waals surface area contributed by atoms with E-state index in [4.69, 9.17) is 0 Å². The van der Waals surface area contributed by atoms with Crippen LogP contribution in [0.3, 0.4) is 0 Å². The number of aryl methyl sites for hydroxylation is 2. The minimum atomic E-state index is 1.03. The molecule has 0 spiro atoms. The van der Waals surface area contributed by atoms with Gasteiger partial charge >= 0.3 is 0 Å². The first-order valence-corrected chi connectivity index (χ1v) is 18.8. The maximum atomic E-state index is 12.0. The van der Waals surface area contributed by atoms with Crippen LogP contribution in [0.1, 0.15) is 178 Å². The van der Waals surface area contributed by atoms with Crippen molar-refractivity contribution in [2.24, 2.45) is 0 Å². The summed E-state index contributed by atoms with van der Waals surface area (Å²) in [6.07, 6.45) is 27.5. The number of hydrogen-bond acceptors (Lipinski definition) is 0. The molecule has 2 aromatic rings. The largest absolute Gasteiger partial charge is 0.493 e. The van der Waals surface area contributed by atoms with Gasteiger partial charge in [0.15, 0.2) is 0 Å². The van der Waals surface area contributed by atoms with E-state index in [0.717, 1.165) is 48.2 Å². The Kier molecular flexibility index (Phi) is 17.4. The van der Waals surface area contributed by atoms with Crippen LogP contribution >= 0.6 is 0 Å². The Morgan fingerprint density at radius 3 is 1.11 bits per heavy atom. The third-order valence-electron chi connectivity index (χ3n) is 9.51. The SMILES string of the molecule is CCCCCCCCC1=C(c2ccc(CCCC)cc2)[N+](=[N-])C(c2ccc(CCCCCCCC)cc2)=C1CCCCCC. The topological polar surface area (TPSA) is 25.3 Å². The molecule has 0 unspecified atom stereocenters. The minimum Gasteiger partial charge on any atom is -0.493 e. The molecule has 0 radical (unpaired) electrons. The normalized spacial score (nSPS) is 13.5. The minimum absolute atomic E-state index is 1.03. The second-order valence-electron chi connectivity index (χ2n) is 13.3. The molecule has 2 aromatic carbocycles. The summed E-state index contributed by atoms with van der Waals surface area (Å²) in [4.78, 5) is 0. The number of unbranched alkanes of at least 4 members (excludes halogenated alkanes) is 14. The standard InChI is InChI=1S/C42H64N2/c1-5-9-13-16-18-20-24-36-29-33-38(34-30-36)41-39(25-21-15-11-7-3)40(26-22-19-17-14-10-6-2)42(44(41)43)37-31-27-35(28-32-37)23-12-8-4/h27-34H,5-26H2,1-4H3. The van der Waals surface area contributed by atoms with E-state index >= 15 is 0 Å². The molecule has 242 valence electrons. The Morgan fingerprint density at radius 2 is 0.705 bits per heavy atom. The Balaban J connectivity index is 1.89. The van der Waals surface area contributed by atoms with Crippen molar-refractivity contribution >= 4 is 11.4 Å².